The van der Waals surface area contributed by atoms with E-state index in [2.05, 4.69) is 0 Å². The first-order valence-corrected chi connectivity index (χ1v) is 9.54. The van der Waals surface area contributed by atoms with Crippen LogP contribution < -0.4 is 11.2 Å². The Balaban J connectivity index is 1.92. The molecule has 1 fully saturated rings. The van der Waals surface area contributed by atoms with Crippen LogP contribution in [0.1, 0.15) is 30.1 Å². The third kappa shape index (κ3) is 3.21. The molecule has 0 spiro atoms. The highest BCUT2D eigenvalue weighted by Gasteiger charge is 2.30. The topological polar surface area (TPSA) is 91.6 Å². The normalized spacial score (nSPS) is 19.8. The molecule has 0 radical (unpaired) electrons. The zero-order valence-corrected chi connectivity index (χ0v) is 16.9. The Labute approximate surface area is 166 Å². The summed E-state index contributed by atoms with van der Waals surface area (Å²) in [6.45, 7) is 5.00. The van der Waals surface area contributed by atoms with Gasteiger partial charge in [0.25, 0.3) is 11.5 Å². The molecule has 1 amide bonds. The summed E-state index contributed by atoms with van der Waals surface area (Å²) >= 11 is 0. The molecular formula is C20H24N4O5. The minimum Gasteiger partial charge on any atom is -0.467 e. The Morgan fingerprint density at radius 1 is 1.14 bits per heavy atom. The molecule has 0 aliphatic carbocycles. The molecule has 3 aromatic heterocycles. The number of carbonyl (C=O) groups excluding carboxylic acids is 1. The third-order valence-corrected chi connectivity index (χ3v) is 5.32. The molecule has 9 nitrogen and oxygen atoms in total. The minimum atomic E-state index is -0.450. The maximum atomic E-state index is 13.4. The van der Waals surface area contributed by atoms with Crippen molar-refractivity contribution in [1.29, 1.82) is 0 Å². The number of morpholine rings is 1. The van der Waals surface area contributed by atoms with Crippen LogP contribution in [0.2, 0.25) is 0 Å². The van der Waals surface area contributed by atoms with Gasteiger partial charge in [0.1, 0.15) is 17.1 Å². The van der Waals surface area contributed by atoms with E-state index in [-0.39, 0.29) is 24.7 Å². The lowest BCUT2D eigenvalue weighted by Gasteiger charge is -2.35. The van der Waals surface area contributed by atoms with Gasteiger partial charge in [0.05, 0.1) is 30.4 Å². The van der Waals surface area contributed by atoms with E-state index < -0.39 is 11.2 Å². The van der Waals surface area contributed by atoms with E-state index in [9.17, 15) is 14.4 Å². The molecule has 0 N–H and O–H groups in total. The summed E-state index contributed by atoms with van der Waals surface area (Å²) in [7, 11) is 3.02. The number of fused-ring (bicyclic) bond motifs is 1. The Hall–Kier alpha value is -3.07. The lowest BCUT2D eigenvalue weighted by Crippen LogP contribution is -2.48. The average Bonchev–Trinajstić information content (AvgIpc) is 3.32. The van der Waals surface area contributed by atoms with E-state index >= 15 is 0 Å². The van der Waals surface area contributed by atoms with Crippen molar-refractivity contribution < 1.29 is 13.9 Å². The zero-order valence-electron chi connectivity index (χ0n) is 16.9. The second-order valence-electron chi connectivity index (χ2n) is 7.61. The number of furan rings is 1. The number of aromatic nitrogens is 3. The van der Waals surface area contributed by atoms with Crippen LogP contribution >= 0.6 is 0 Å². The van der Waals surface area contributed by atoms with Crippen LogP contribution in [0.5, 0.6) is 0 Å². The van der Waals surface area contributed by atoms with Crippen molar-refractivity contribution in [3.8, 4) is 0 Å². The largest absolute Gasteiger partial charge is 0.467 e. The summed E-state index contributed by atoms with van der Waals surface area (Å²) in [6, 6.07) is 5.12. The quantitative estimate of drug-likeness (QED) is 0.652. The van der Waals surface area contributed by atoms with Gasteiger partial charge in [0.2, 0.25) is 0 Å². The van der Waals surface area contributed by atoms with Crippen molar-refractivity contribution in [2.75, 3.05) is 13.1 Å². The molecule has 9 heteroatoms. The van der Waals surface area contributed by atoms with Gasteiger partial charge in [0, 0.05) is 27.2 Å². The fourth-order valence-corrected chi connectivity index (χ4v) is 4.04. The van der Waals surface area contributed by atoms with Gasteiger partial charge >= 0.3 is 5.69 Å². The Bertz CT molecular complexity index is 1170. The van der Waals surface area contributed by atoms with Crippen molar-refractivity contribution in [2.45, 2.75) is 32.6 Å². The second-order valence-corrected chi connectivity index (χ2v) is 7.61. The first-order chi connectivity index (χ1) is 13.8. The number of hydrogen-bond acceptors (Lipinski definition) is 5. The monoisotopic (exact) mass is 400 g/mol. The van der Waals surface area contributed by atoms with Crippen LogP contribution in [0.4, 0.5) is 0 Å². The van der Waals surface area contributed by atoms with E-state index in [1.54, 1.807) is 41.0 Å². The summed E-state index contributed by atoms with van der Waals surface area (Å²) < 4.78 is 15.3. The Kier molecular flexibility index (Phi) is 4.70. The summed E-state index contributed by atoms with van der Waals surface area (Å²) in [5.41, 5.74) is -0.142. The van der Waals surface area contributed by atoms with Crippen molar-refractivity contribution in [2.24, 2.45) is 14.1 Å². The maximum Gasteiger partial charge on any atom is 0.332 e. The van der Waals surface area contributed by atoms with Gasteiger partial charge in [-0.3, -0.25) is 18.7 Å². The fourth-order valence-electron chi connectivity index (χ4n) is 4.04. The van der Waals surface area contributed by atoms with Gasteiger partial charge in [-0.2, -0.15) is 0 Å². The molecule has 1 aliphatic rings. The van der Waals surface area contributed by atoms with Gasteiger partial charge in [-0.05, 0) is 32.0 Å². The summed E-state index contributed by atoms with van der Waals surface area (Å²) in [5.74, 6) is 0.414. The van der Waals surface area contributed by atoms with Crippen LogP contribution in [0.3, 0.4) is 0 Å². The molecule has 0 aromatic carbocycles. The number of aryl methyl sites for hydroxylation is 1. The van der Waals surface area contributed by atoms with Crippen LogP contribution in [-0.2, 0) is 25.4 Å². The van der Waals surface area contributed by atoms with Crippen molar-refractivity contribution in [3.05, 3.63) is 56.8 Å². The van der Waals surface area contributed by atoms with Gasteiger partial charge in [-0.1, -0.05) is 0 Å². The number of hydrogen-bond donors (Lipinski definition) is 0. The predicted octanol–water partition coefficient (Wildman–Crippen LogP) is 0.929. The first-order valence-electron chi connectivity index (χ1n) is 9.54. The van der Waals surface area contributed by atoms with Crippen LogP contribution in [0, 0.1) is 0 Å². The van der Waals surface area contributed by atoms with E-state index in [4.69, 9.17) is 9.15 Å². The summed E-state index contributed by atoms with van der Waals surface area (Å²) in [5, 5.41) is 0.318. The highest BCUT2D eigenvalue weighted by Crippen LogP contribution is 2.21. The number of carbonyl (C=O) groups is 1. The molecule has 2 atom stereocenters. The van der Waals surface area contributed by atoms with Gasteiger partial charge in [0.15, 0.2) is 0 Å². The molecule has 4 heterocycles. The minimum absolute atomic E-state index is 0.0807. The number of rotatable bonds is 3. The number of ether oxygens (including phenoxy) is 1. The maximum absolute atomic E-state index is 13.4. The van der Waals surface area contributed by atoms with Crippen LogP contribution in [0.15, 0.2) is 38.5 Å². The third-order valence-electron chi connectivity index (χ3n) is 5.32. The van der Waals surface area contributed by atoms with E-state index in [0.29, 0.717) is 35.6 Å². The van der Waals surface area contributed by atoms with E-state index in [0.717, 1.165) is 4.57 Å². The zero-order chi connectivity index (χ0) is 20.9. The van der Waals surface area contributed by atoms with Crippen LogP contribution in [-0.4, -0.2) is 49.8 Å². The molecular weight excluding hydrogens is 376 g/mol. The Morgan fingerprint density at radius 2 is 1.83 bits per heavy atom. The molecule has 0 saturated carbocycles. The van der Waals surface area contributed by atoms with Crippen molar-refractivity contribution in [1.82, 2.24) is 18.6 Å². The van der Waals surface area contributed by atoms with E-state index in [1.165, 1.54) is 11.6 Å². The molecule has 3 aromatic rings. The highest BCUT2D eigenvalue weighted by atomic mass is 16.5. The Morgan fingerprint density at radius 3 is 2.45 bits per heavy atom. The van der Waals surface area contributed by atoms with Gasteiger partial charge in [-0.15, -0.1) is 0 Å². The standard InChI is InChI=1S/C20H24N4O5/c1-12-9-23(10-13(2)29-12)19(26)16-8-15-17(21(3)20(27)22(4)18(15)25)24(16)11-14-6-5-7-28-14/h5-8,12-13H,9-11H2,1-4H3/t12-,13+. The number of amides is 1. The molecule has 154 valence electrons. The smallest absolute Gasteiger partial charge is 0.332 e. The average molecular weight is 400 g/mol. The second kappa shape index (κ2) is 7.07. The SMILES string of the molecule is C[C@@H]1CN(C(=O)c2cc3c(=O)n(C)c(=O)n(C)c3n2Cc2ccco2)C[C@H](C)O1. The lowest BCUT2D eigenvalue weighted by molar-refractivity contribution is -0.0588. The summed E-state index contributed by atoms with van der Waals surface area (Å²) in [4.78, 5) is 40.4. The first kappa shape index (κ1) is 19.3. The molecule has 1 saturated heterocycles. The van der Waals surface area contributed by atoms with E-state index in [1.807, 2.05) is 13.8 Å². The fraction of sp³-hybridized carbons (Fsp3) is 0.450. The predicted molar refractivity (Wildman–Crippen MR) is 106 cm³/mol. The molecule has 29 heavy (non-hydrogen) atoms. The molecule has 4 rings (SSSR count). The molecule has 1 aliphatic heterocycles. The van der Waals surface area contributed by atoms with Gasteiger partial charge < -0.3 is 18.6 Å². The van der Waals surface area contributed by atoms with Crippen molar-refractivity contribution in [3.63, 3.8) is 0 Å². The highest BCUT2D eigenvalue weighted by molar-refractivity contribution is 5.98. The van der Waals surface area contributed by atoms with Gasteiger partial charge in [-0.25, -0.2) is 4.79 Å². The summed E-state index contributed by atoms with van der Waals surface area (Å²) in [6.07, 6.45) is 1.39. The molecule has 0 unspecified atom stereocenters. The molecule has 0 bridgehead atoms. The number of nitrogens with zero attached hydrogens (tertiary/aromatic N) is 4. The van der Waals surface area contributed by atoms with Crippen LogP contribution in [0.25, 0.3) is 11.0 Å². The van der Waals surface area contributed by atoms with Crippen molar-refractivity contribution >= 4 is 16.9 Å². The lowest BCUT2D eigenvalue weighted by atomic mass is 10.2.